The highest BCUT2D eigenvalue weighted by Gasteiger charge is 2.36. The molecular weight excluding hydrogens is 476 g/mol. The monoisotopic (exact) mass is 512 g/mol. The third-order valence-electron chi connectivity index (χ3n) is 7.30. The Balaban J connectivity index is 1.62. The van der Waals surface area contributed by atoms with Gasteiger partial charge in [-0.05, 0) is 68.2 Å². The molecule has 1 saturated heterocycles. The van der Waals surface area contributed by atoms with Crippen LogP contribution in [-0.2, 0) is 27.2 Å². The van der Waals surface area contributed by atoms with E-state index in [2.05, 4.69) is 5.32 Å². The summed E-state index contributed by atoms with van der Waals surface area (Å²) in [4.78, 5) is 41.3. The second kappa shape index (κ2) is 13.6. The molecule has 2 amide bonds. The van der Waals surface area contributed by atoms with Crippen LogP contribution in [0.4, 0.5) is 5.69 Å². The molecular formula is C32H36N2O4. The molecule has 0 radical (unpaired) electrons. The van der Waals surface area contributed by atoms with Gasteiger partial charge in [0, 0.05) is 18.2 Å². The fourth-order valence-corrected chi connectivity index (χ4v) is 5.24. The van der Waals surface area contributed by atoms with Crippen LogP contribution in [-0.4, -0.2) is 35.5 Å². The first-order chi connectivity index (χ1) is 18.5. The maximum absolute atomic E-state index is 14.3. The number of anilines is 1. The second-order valence-electron chi connectivity index (χ2n) is 10.0. The lowest BCUT2D eigenvalue weighted by Gasteiger charge is -2.33. The van der Waals surface area contributed by atoms with E-state index >= 15 is 0 Å². The van der Waals surface area contributed by atoms with Crippen molar-refractivity contribution in [3.8, 4) is 0 Å². The minimum atomic E-state index is -0.858. The van der Waals surface area contributed by atoms with Crippen LogP contribution in [0.5, 0.6) is 0 Å². The molecule has 0 aliphatic carbocycles. The zero-order valence-corrected chi connectivity index (χ0v) is 21.7. The number of rotatable bonds is 11. The van der Waals surface area contributed by atoms with Crippen molar-refractivity contribution < 1.29 is 19.5 Å². The third-order valence-corrected chi connectivity index (χ3v) is 7.30. The van der Waals surface area contributed by atoms with Crippen LogP contribution in [0.3, 0.4) is 0 Å². The molecule has 0 aromatic heterocycles. The van der Waals surface area contributed by atoms with Crippen LogP contribution in [0, 0.1) is 11.8 Å². The summed E-state index contributed by atoms with van der Waals surface area (Å²) in [6.07, 6.45) is 4.00. The summed E-state index contributed by atoms with van der Waals surface area (Å²) in [5.41, 5.74) is 2.67. The Kier molecular flexibility index (Phi) is 9.68. The summed E-state index contributed by atoms with van der Waals surface area (Å²) in [6.45, 7) is 0.610. The lowest BCUT2D eigenvalue weighted by atomic mass is 9.86. The Morgan fingerprint density at radius 3 is 1.89 bits per heavy atom. The van der Waals surface area contributed by atoms with Gasteiger partial charge in [-0.15, -0.1) is 0 Å². The van der Waals surface area contributed by atoms with Crippen LogP contribution in [0.2, 0.25) is 0 Å². The molecule has 198 valence electrons. The highest BCUT2D eigenvalue weighted by molar-refractivity contribution is 6.02. The van der Waals surface area contributed by atoms with Crippen LogP contribution in [0.25, 0.3) is 0 Å². The van der Waals surface area contributed by atoms with Gasteiger partial charge in [0.15, 0.2) is 0 Å². The molecule has 2 N–H and O–H groups in total. The molecule has 3 atom stereocenters. The Labute approximate surface area is 224 Å². The van der Waals surface area contributed by atoms with Crippen molar-refractivity contribution in [1.82, 2.24) is 5.32 Å². The maximum Gasteiger partial charge on any atom is 0.306 e. The molecule has 1 aliphatic heterocycles. The largest absolute Gasteiger partial charge is 0.481 e. The molecule has 1 heterocycles. The van der Waals surface area contributed by atoms with Crippen LogP contribution >= 0.6 is 0 Å². The van der Waals surface area contributed by atoms with Gasteiger partial charge in [0.2, 0.25) is 11.8 Å². The molecule has 4 rings (SSSR count). The SMILES string of the molecule is O=C(O)[C@H](CC[C@H](Cc1ccccc1)C(=O)N(c1ccccc1)[C@@H]1CCCCNC1=O)Cc1ccccc1. The summed E-state index contributed by atoms with van der Waals surface area (Å²) in [6, 6.07) is 28.2. The molecule has 0 spiro atoms. The van der Waals surface area contributed by atoms with Gasteiger partial charge in [-0.3, -0.25) is 19.3 Å². The van der Waals surface area contributed by atoms with Crippen molar-refractivity contribution in [1.29, 1.82) is 0 Å². The van der Waals surface area contributed by atoms with Crippen molar-refractivity contribution in [2.75, 3.05) is 11.4 Å². The molecule has 3 aromatic carbocycles. The predicted octanol–water partition coefficient (Wildman–Crippen LogP) is 5.27. The summed E-state index contributed by atoms with van der Waals surface area (Å²) >= 11 is 0. The van der Waals surface area contributed by atoms with Crippen molar-refractivity contribution in [2.24, 2.45) is 11.8 Å². The predicted molar refractivity (Wildman–Crippen MR) is 149 cm³/mol. The lowest BCUT2D eigenvalue weighted by molar-refractivity contribution is -0.142. The third kappa shape index (κ3) is 7.31. The van der Waals surface area contributed by atoms with Crippen LogP contribution < -0.4 is 10.2 Å². The molecule has 0 saturated carbocycles. The van der Waals surface area contributed by atoms with Gasteiger partial charge in [-0.25, -0.2) is 0 Å². The molecule has 6 nitrogen and oxygen atoms in total. The van der Waals surface area contributed by atoms with Gasteiger partial charge < -0.3 is 10.4 Å². The standard InChI is InChI=1S/C32H36N2O4/c35-30-29(18-10-11-21-33-30)34(28-16-8-3-9-17-28)31(36)26(22-24-12-4-1-5-13-24)19-20-27(32(37)38)23-25-14-6-2-7-15-25/h1-9,12-17,26-27,29H,10-11,18-23H2,(H,33,35)(H,37,38)/t26-,27-,29-/m1/s1. The lowest BCUT2D eigenvalue weighted by Crippen LogP contribution is -2.51. The maximum atomic E-state index is 14.3. The first-order valence-electron chi connectivity index (χ1n) is 13.5. The van der Waals surface area contributed by atoms with E-state index in [9.17, 15) is 19.5 Å². The van der Waals surface area contributed by atoms with E-state index in [1.165, 1.54) is 0 Å². The number of para-hydroxylation sites is 1. The Morgan fingerprint density at radius 2 is 1.32 bits per heavy atom. The number of hydrogen-bond acceptors (Lipinski definition) is 3. The van der Waals surface area contributed by atoms with E-state index in [1.54, 1.807) is 4.90 Å². The highest BCUT2D eigenvalue weighted by Crippen LogP contribution is 2.28. The number of carbonyl (C=O) groups excluding carboxylic acids is 2. The Morgan fingerprint density at radius 1 is 0.789 bits per heavy atom. The average molecular weight is 513 g/mol. The number of amides is 2. The number of carbonyl (C=O) groups is 3. The van der Waals surface area contributed by atoms with Gasteiger partial charge in [-0.1, -0.05) is 78.9 Å². The highest BCUT2D eigenvalue weighted by atomic mass is 16.4. The zero-order chi connectivity index (χ0) is 26.7. The number of nitrogens with zero attached hydrogens (tertiary/aromatic N) is 1. The van der Waals surface area contributed by atoms with Gasteiger partial charge in [0.25, 0.3) is 0 Å². The van der Waals surface area contributed by atoms with E-state index in [1.807, 2.05) is 91.0 Å². The number of hydrogen-bond donors (Lipinski definition) is 2. The fourth-order valence-electron chi connectivity index (χ4n) is 5.24. The summed E-state index contributed by atoms with van der Waals surface area (Å²) in [7, 11) is 0. The average Bonchev–Trinajstić information content (AvgIpc) is 3.16. The van der Waals surface area contributed by atoms with Gasteiger partial charge in [-0.2, -0.15) is 0 Å². The van der Waals surface area contributed by atoms with Crippen molar-refractivity contribution in [3.63, 3.8) is 0 Å². The molecule has 3 aromatic rings. The van der Waals surface area contributed by atoms with Gasteiger partial charge in [0.05, 0.1) is 5.92 Å². The molecule has 1 aliphatic rings. The number of carboxylic acids is 1. The van der Waals surface area contributed by atoms with E-state index < -0.39 is 23.8 Å². The van der Waals surface area contributed by atoms with Crippen molar-refractivity contribution in [3.05, 3.63) is 102 Å². The molecule has 38 heavy (non-hydrogen) atoms. The molecule has 1 fully saturated rings. The number of aliphatic carboxylic acids is 1. The van der Waals surface area contributed by atoms with Crippen LogP contribution in [0.15, 0.2) is 91.0 Å². The molecule has 6 heteroatoms. The molecule has 0 unspecified atom stereocenters. The van der Waals surface area contributed by atoms with Crippen molar-refractivity contribution in [2.45, 2.75) is 51.0 Å². The van der Waals surface area contributed by atoms with E-state index in [4.69, 9.17) is 0 Å². The molecule has 0 bridgehead atoms. The Hall–Kier alpha value is -3.93. The summed E-state index contributed by atoms with van der Waals surface area (Å²) in [5, 5.41) is 13.0. The first kappa shape index (κ1) is 27.1. The van der Waals surface area contributed by atoms with E-state index in [-0.39, 0.29) is 11.8 Å². The quantitative estimate of drug-likeness (QED) is 0.366. The number of carboxylic acid groups (broad SMARTS) is 1. The summed E-state index contributed by atoms with van der Waals surface area (Å²) in [5.74, 6) is -2.19. The van der Waals surface area contributed by atoms with Gasteiger partial charge in [0.1, 0.15) is 6.04 Å². The topological polar surface area (TPSA) is 86.7 Å². The minimum Gasteiger partial charge on any atom is -0.481 e. The Bertz CT molecular complexity index is 1180. The van der Waals surface area contributed by atoms with E-state index in [0.29, 0.717) is 44.3 Å². The normalized spacial score (nSPS) is 17.1. The smallest absolute Gasteiger partial charge is 0.306 e. The van der Waals surface area contributed by atoms with Gasteiger partial charge >= 0.3 is 5.97 Å². The zero-order valence-electron chi connectivity index (χ0n) is 21.7. The number of benzene rings is 3. The summed E-state index contributed by atoms with van der Waals surface area (Å²) < 4.78 is 0. The first-order valence-corrected chi connectivity index (χ1v) is 13.5. The van der Waals surface area contributed by atoms with Crippen LogP contribution in [0.1, 0.15) is 43.2 Å². The fraction of sp³-hybridized carbons (Fsp3) is 0.344. The second-order valence-corrected chi connectivity index (χ2v) is 10.0. The van der Waals surface area contributed by atoms with Crippen molar-refractivity contribution >= 4 is 23.5 Å². The van der Waals surface area contributed by atoms with E-state index in [0.717, 1.165) is 24.0 Å². The minimum absolute atomic E-state index is 0.133. The number of nitrogens with one attached hydrogen (secondary N) is 1.